The number of halogens is 5. The quantitative estimate of drug-likeness (QED) is 0.134. The molecule has 3 aromatic carbocycles. The Hall–Kier alpha value is -4.79. The summed E-state index contributed by atoms with van der Waals surface area (Å²) in [7, 11) is -2.93. The Balaban J connectivity index is 1.53. The topological polar surface area (TPSA) is 132 Å². The molecule has 1 aromatic heterocycles. The van der Waals surface area contributed by atoms with Crippen LogP contribution in [0.2, 0.25) is 0 Å². The van der Waals surface area contributed by atoms with E-state index in [1.807, 2.05) is 12.2 Å². The molecule has 0 aliphatic heterocycles. The van der Waals surface area contributed by atoms with Gasteiger partial charge in [0.25, 0.3) is 0 Å². The molecule has 0 bridgehead atoms. The molecule has 0 radical (unpaired) electrons. The highest BCUT2D eigenvalue weighted by Crippen LogP contribution is 2.33. The Morgan fingerprint density at radius 1 is 0.976 bits per heavy atom. The lowest BCUT2D eigenvalue weighted by Crippen LogP contribution is -2.21. The summed E-state index contributed by atoms with van der Waals surface area (Å²) in [6, 6.07) is 10.6. The number of urea groups is 1. The van der Waals surface area contributed by atoms with E-state index in [1.165, 1.54) is 24.6 Å². The van der Waals surface area contributed by atoms with Crippen LogP contribution < -0.4 is 21.3 Å². The highest BCUT2D eigenvalue weighted by Gasteiger charge is 2.31. The molecular weight excluding hydrogens is 581 g/mol. The molecular formula is C27H24F5N7O2S. The average molecular weight is 606 g/mol. The fraction of sp³-hybridized carbons (Fsp3) is 0.148. The summed E-state index contributed by atoms with van der Waals surface area (Å²) in [5.41, 5.74) is -0.937. The first-order valence-corrected chi connectivity index (χ1v) is 14.2. The van der Waals surface area contributed by atoms with Gasteiger partial charge < -0.3 is 21.3 Å². The SMILES string of the molecule is CCNc1nc(Nc2cccc([S@@](C)(=N)=O)c2)ncc1-c1ccc(NC(=O)Nc2cc(C(F)(F)F)ccc2F)c(F)c1. The van der Waals surface area contributed by atoms with Crippen molar-refractivity contribution in [1.29, 1.82) is 4.78 Å². The average Bonchev–Trinajstić information content (AvgIpc) is 2.90. The number of nitrogens with one attached hydrogen (secondary N) is 5. The van der Waals surface area contributed by atoms with Crippen molar-refractivity contribution in [1.82, 2.24) is 9.97 Å². The van der Waals surface area contributed by atoms with Crippen LogP contribution in [-0.4, -0.2) is 33.0 Å². The van der Waals surface area contributed by atoms with Gasteiger partial charge in [0.05, 0.1) is 26.7 Å². The molecule has 0 saturated carbocycles. The Kier molecular flexibility index (Phi) is 8.61. The van der Waals surface area contributed by atoms with E-state index in [4.69, 9.17) is 4.78 Å². The molecule has 42 heavy (non-hydrogen) atoms. The summed E-state index contributed by atoms with van der Waals surface area (Å²) in [5.74, 6) is -1.45. The van der Waals surface area contributed by atoms with Crippen LogP contribution in [0.15, 0.2) is 71.8 Å². The minimum Gasteiger partial charge on any atom is -0.370 e. The van der Waals surface area contributed by atoms with Gasteiger partial charge >= 0.3 is 12.2 Å². The van der Waals surface area contributed by atoms with Gasteiger partial charge in [-0.1, -0.05) is 12.1 Å². The van der Waals surface area contributed by atoms with Gasteiger partial charge in [0.1, 0.15) is 17.5 Å². The van der Waals surface area contributed by atoms with E-state index in [1.54, 1.807) is 24.3 Å². The molecule has 0 unspecified atom stereocenters. The molecule has 0 aliphatic carbocycles. The van der Waals surface area contributed by atoms with Crippen molar-refractivity contribution in [2.75, 3.05) is 34.1 Å². The Labute approximate surface area is 237 Å². The van der Waals surface area contributed by atoms with E-state index < -0.39 is 44.8 Å². The first kappa shape index (κ1) is 30.2. The molecule has 15 heteroatoms. The highest BCUT2D eigenvalue weighted by molar-refractivity contribution is 7.91. The number of carbonyl (C=O) groups is 1. The standard InChI is InChI=1S/C27H24F5N7O2S/c1-3-34-24-19(14-35-25(39-24)36-17-5-4-6-18(13-17)42(2,33)41)15-7-10-22(21(29)11-15)37-26(40)38-23-12-16(27(30,31)32)8-9-20(23)28/h4-14,33H,3H2,1-2H3,(H2,37,38,40)(H2,34,35,36,39)/t42-/m0/s1. The Morgan fingerprint density at radius 3 is 2.38 bits per heavy atom. The fourth-order valence-electron chi connectivity index (χ4n) is 3.76. The van der Waals surface area contributed by atoms with Crippen LogP contribution in [-0.2, 0) is 15.9 Å². The predicted octanol–water partition coefficient (Wildman–Crippen LogP) is 7.30. The normalized spacial score (nSPS) is 12.7. The van der Waals surface area contributed by atoms with Crippen LogP contribution in [0.1, 0.15) is 12.5 Å². The van der Waals surface area contributed by atoms with Gasteiger partial charge in [-0.2, -0.15) is 18.2 Å². The predicted molar refractivity (Wildman–Crippen MR) is 150 cm³/mol. The largest absolute Gasteiger partial charge is 0.416 e. The lowest BCUT2D eigenvalue weighted by Gasteiger charge is -2.14. The summed E-state index contributed by atoms with van der Waals surface area (Å²) in [6.45, 7) is 2.29. The number of aromatic nitrogens is 2. The van der Waals surface area contributed by atoms with E-state index >= 15 is 0 Å². The summed E-state index contributed by atoms with van der Waals surface area (Å²) in [5, 5.41) is 10.2. The molecule has 2 amide bonds. The molecule has 0 saturated heterocycles. The zero-order chi connectivity index (χ0) is 30.7. The van der Waals surface area contributed by atoms with Gasteiger partial charge in [0.15, 0.2) is 0 Å². The number of rotatable bonds is 8. The fourth-order valence-corrected chi connectivity index (χ4v) is 4.45. The number of alkyl halides is 3. The minimum atomic E-state index is -4.75. The van der Waals surface area contributed by atoms with Gasteiger partial charge in [0, 0.05) is 35.1 Å². The zero-order valence-corrected chi connectivity index (χ0v) is 22.9. The second kappa shape index (κ2) is 12.0. The van der Waals surface area contributed by atoms with Crippen molar-refractivity contribution < 1.29 is 31.0 Å². The molecule has 0 fully saturated rings. The summed E-state index contributed by atoms with van der Waals surface area (Å²) < 4.78 is 87.6. The second-order valence-electron chi connectivity index (χ2n) is 8.95. The number of anilines is 5. The number of benzene rings is 3. The molecule has 9 nitrogen and oxygen atoms in total. The zero-order valence-electron chi connectivity index (χ0n) is 22.1. The molecule has 1 heterocycles. The van der Waals surface area contributed by atoms with Gasteiger partial charge in [-0.15, -0.1) is 0 Å². The summed E-state index contributed by atoms with van der Waals surface area (Å²) >= 11 is 0. The maximum atomic E-state index is 15.0. The lowest BCUT2D eigenvalue weighted by molar-refractivity contribution is -0.137. The van der Waals surface area contributed by atoms with Crippen molar-refractivity contribution in [3.63, 3.8) is 0 Å². The van der Waals surface area contributed by atoms with E-state index in [2.05, 4.69) is 25.9 Å². The van der Waals surface area contributed by atoms with Crippen molar-refractivity contribution in [3.8, 4) is 11.1 Å². The third kappa shape index (κ3) is 7.28. The number of hydrogen-bond donors (Lipinski definition) is 5. The van der Waals surface area contributed by atoms with E-state index in [9.17, 15) is 31.0 Å². The highest BCUT2D eigenvalue weighted by atomic mass is 32.2. The van der Waals surface area contributed by atoms with Crippen molar-refractivity contribution in [3.05, 3.63) is 84.1 Å². The Morgan fingerprint density at radius 2 is 1.71 bits per heavy atom. The number of amides is 2. The second-order valence-corrected chi connectivity index (χ2v) is 11.1. The van der Waals surface area contributed by atoms with Crippen LogP contribution in [0.5, 0.6) is 0 Å². The first-order valence-electron chi connectivity index (χ1n) is 12.2. The molecule has 220 valence electrons. The number of hydrogen-bond acceptors (Lipinski definition) is 7. The molecule has 1 atom stereocenters. The van der Waals surface area contributed by atoms with Crippen LogP contribution in [0.4, 0.5) is 55.6 Å². The van der Waals surface area contributed by atoms with Gasteiger partial charge in [0.2, 0.25) is 5.95 Å². The summed E-state index contributed by atoms with van der Waals surface area (Å²) in [6.07, 6.45) is -2.00. The lowest BCUT2D eigenvalue weighted by atomic mass is 10.1. The van der Waals surface area contributed by atoms with Crippen LogP contribution >= 0.6 is 0 Å². The molecule has 5 N–H and O–H groups in total. The van der Waals surface area contributed by atoms with E-state index in [0.717, 1.165) is 6.07 Å². The Bertz CT molecular complexity index is 1750. The third-order valence-corrected chi connectivity index (χ3v) is 6.90. The molecule has 0 aliphatic rings. The maximum Gasteiger partial charge on any atom is 0.416 e. The monoisotopic (exact) mass is 605 g/mol. The van der Waals surface area contributed by atoms with Gasteiger partial charge in [-0.25, -0.2) is 27.5 Å². The summed E-state index contributed by atoms with van der Waals surface area (Å²) in [4.78, 5) is 21.3. The minimum absolute atomic E-state index is 0.177. The van der Waals surface area contributed by atoms with Gasteiger partial charge in [-0.05, 0) is 61.0 Å². The molecule has 4 rings (SSSR count). The molecule has 0 spiro atoms. The number of nitrogens with zero attached hydrogens (tertiary/aromatic N) is 2. The third-order valence-electron chi connectivity index (χ3n) is 5.74. The van der Waals surface area contributed by atoms with Crippen molar-refractivity contribution in [2.45, 2.75) is 18.0 Å². The van der Waals surface area contributed by atoms with Crippen LogP contribution in [0, 0.1) is 16.4 Å². The molecule has 4 aromatic rings. The van der Waals surface area contributed by atoms with Gasteiger partial charge in [-0.3, -0.25) is 0 Å². The van der Waals surface area contributed by atoms with Crippen molar-refractivity contribution in [2.24, 2.45) is 0 Å². The first-order chi connectivity index (χ1) is 19.7. The number of carbonyl (C=O) groups excluding carboxylic acids is 1. The van der Waals surface area contributed by atoms with Crippen LogP contribution in [0.25, 0.3) is 11.1 Å². The maximum absolute atomic E-state index is 15.0. The van der Waals surface area contributed by atoms with E-state index in [0.29, 0.717) is 52.3 Å². The van der Waals surface area contributed by atoms with Crippen molar-refractivity contribution >= 4 is 44.6 Å². The smallest absolute Gasteiger partial charge is 0.370 e. The van der Waals surface area contributed by atoms with Crippen LogP contribution in [0.3, 0.4) is 0 Å². The van der Waals surface area contributed by atoms with E-state index in [-0.39, 0.29) is 11.6 Å².